The summed E-state index contributed by atoms with van der Waals surface area (Å²) in [5.41, 5.74) is 4.19. The first-order chi connectivity index (χ1) is 13.0. The summed E-state index contributed by atoms with van der Waals surface area (Å²) in [4.78, 5) is 28.6. The number of aryl methyl sites for hydroxylation is 2. The van der Waals surface area contributed by atoms with E-state index in [1.165, 1.54) is 0 Å². The van der Waals surface area contributed by atoms with Gasteiger partial charge in [0.15, 0.2) is 0 Å². The minimum absolute atomic E-state index is 0.0445. The van der Waals surface area contributed by atoms with Crippen LogP contribution in [-0.4, -0.2) is 23.4 Å². The summed E-state index contributed by atoms with van der Waals surface area (Å²) >= 11 is 0. The van der Waals surface area contributed by atoms with Crippen LogP contribution in [0.3, 0.4) is 0 Å². The van der Waals surface area contributed by atoms with Gasteiger partial charge in [0.05, 0.1) is 12.6 Å². The Morgan fingerprint density at radius 1 is 1.30 bits per heavy atom. The number of fused-ring (bicyclic) bond motifs is 1. The highest BCUT2D eigenvalue weighted by molar-refractivity contribution is 5.96. The summed E-state index contributed by atoms with van der Waals surface area (Å²) in [5.74, 6) is 0.199. The van der Waals surface area contributed by atoms with E-state index in [0.29, 0.717) is 30.9 Å². The molecule has 2 aromatic rings. The zero-order valence-electron chi connectivity index (χ0n) is 16.0. The van der Waals surface area contributed by atoms with Crippen LogP contribution in [0.25, 0.3) is 0 Å². The average molecular weight is 367 g/mol. The molecule has 1 atom stereocenters. The highest BCUT2D eigenvalue weighted by Crippen LogP contribution is 2.26. The van der Waals surface area contributed by atoms with E-state index < -0.39 is 0 Å². The van der Waals surface area contributed by atoms with Gasteiger partial charge in [-0.3, -0.25) is 9.59 Å². The second kappa shape index (κ2) is 8.20. The summed E-state index contributed by atoms with van der Waals surface area (Å²) < 4.78 is 5.65. The molecule has 2 heterocycles. The second-order valence-corrected chi connectivity index (χ2v) is 6.81. The maximum atomic E-state index is 12.8. The Hall–Kier alpha value is -2.89. The Bertz CT molecular complexity index is 864. The molecule has 0 saturated carbocycles. The van der Waals surface area contributed by atoms with Gasteiger partial charge in [-0.05, 0) is 56.0 Å². The molecule has 2 N–H and O–H groups in total. The number of benzene rings is 1. The lowest BCUT2D eigenvalue weighted by Gasteiger charge is -2.21. The fourth-order valence-corrected chi connectivity index (χ4v) is 3.04. The summed E-state index contributed by atoms with van der Waals surface area (Å²) in [6.45, 7) is 6.34. The number of ether oxygens (including phenoxy) is 1. The molecule has 6 heteroatoms. The molecule has 0 spiro atoms. The molecule has 1 unspecified atom stereocenters. The monoisotopic (exact) mass is 367 g/mol. The number of hydrogen-bond donors (Lipinski definition) is 2. The van der Waals surface area contributed by atoms with Crippen molar-refractivity contribution in [3.8, 4) is 5.88 Å². The third-order valence-electron chi connectivity index (χ3n) is 4.56. The van der Waals surface area contributed by atoms with Gasteiger partial charge in [-0.15, -0.1) is 0 Å². The molecular formula is C21H25N3O3. The van der Waals surface area contributed by atoms with Crippen molar-refractivity contribution >= 4 is 17.5 Å². The van der Waals surface area contributed by atoms with Gasteiger partial charge >= 0.3 is 0 Å². The van der Waals surface area contributed by atoms with Crippen molar-refractivity contribution in [3.63, 3.8) is 0 Å². The van der Waals surface area contributed by atoms with Crippen LogP contribution in [0.5, 0.6) is 5.88 Å². The number of amides is 2. The number of carbonyl (C=O) groups excluding carboxylic acids is 2. The predicted molar refractivity (Wildman–Crippen MR) is 104 cm³/mol. The van der Waals surface area contributed by atoms with Gasteiger partial charge < -0.3 is 15.4 Å². The average Bonchev–Trinajstić information content (AvgIpc) is 2.65. The van der Waals surface area contributed by atoms with Crippen LogP contribution >= 0.6 is 0 Å². The maximum absolute atomic E-state index is 12.8. The Morgan fingerprint density at radius 3 is 2.89 bits per heavy atom. The molecule has 142 valence electrons. The molecule has 3 rings (SSSR count). The number of nitrogens with one attached hydrogen (secondary N) is 2. The van der Waals surface area contributed by atoms with Crippen LogP contribution in [0.4, 0.5) is 5.69 Å². The van der Waals surface area contributed by atoms with Crippen LogP contribution < -0.4 is 15.4 Å². The number of pyridine rings is 1. The summed E-state index contributed by atoms with van der Waals surface area (Å²) in [5, 5.41) is 5.89. The van der Waals surface area contributed by atoms with Gasteiger partial charge in [0.1, 0.15) is 5.56 Å². The molecule has 6 nitrogen and oxygen atoms in total. The number of rotatable bonds is 6. The molecule has 2 amide bonds. The van der Waals surface area contributed by atoms with Crippen molar-refractivity contribution in [3.05, 3.63) is 52.7 Å². The van der Waals surface area contributed by atoms with Crippen molar-refractivity contribution in [2.75, 3.05) is 11.9 Å². The van der Waals surface area contributed by atoms with Crippen LogP contribution in [-0.2, 0) is 11.2 Å². The quantitative estimate of drug-likeness (QED) is 0.818. The molecule has 27 heavy (non-hydrogen) atoms. The van der Waals surface area contributed by atoms with Gasteiger partial charge in [0, 0.05) is 17.8 Å². The topological polar surface area (TPSA) is 80.3 Å². The molecule has 1 aliphatic rings. The van der Waals surface area contributed by atoms with E-state index in [4.69, 9.17) is 4.74 Å². The maximum Gasteiger partial charge on any atom is 0.257 e. The zero-order valence-corrected chi connectivity index (χ0v) is 16.0. The highest BCUT2D eigenvalue weighted by Gasteiger charge is 2.19. The first-order valence-corrected chi connectivity index (χ1v) is 9.32. The van der Waals surface area contributed by atoms with E-state index in [9.17, 15) is 9.59 Å². The Morgan fingerprint density at radius 2 is 2.11 bits per heavy atom. The van der Waals surface area contributed by atoms with Gasteiger partial charge in [-0.1, -0.05) is 19.1 Å². The largest absolute Gasteiger partial charge is 0.477 e. The Kier molecular flexibility index (Phi) is 5.74. The third-order valence-corrected chi connectivity index (χ3v) is 4.56. The zero-order chi connectivity index (χ0) is 19.4. The molecule has 0 fully saturated rings. The predicted octanol–water partition coefficient (Wildman–Crippen LogP) is 3.55. The molecular weight excluding hydrogens is 342 g/mol. The third kappa shape index (κ3) is 4.45. The lowest BCUT2D eigenvalue weighted by atomic mass is 9.97. The second-order valence-electron chi connectivity index (χ2n) is 6.81. The SMILES string of the molecule is CCCOc1nc(C)ccc1C(=O)NC(C)c1ccc2c(c1)CCC(=O)N2. The highest BCUT2D eigenvalue weighted by atomic mass is 16.5. The molecule has 0 aliphatic carbocycles. The minimum atomic E-state index is -0.216. The Balaban J connectivity index is 1.75. The van der Waals surface area contributed by atoms with Crippen molar-refractivity contribution in [1.82, 2.24) is 10.3 Å². The molecule has 1 aromatic carbocycles. The first-order valence-electron chi connectivity index (χ1n) is 9.32. The molecule has 0 bridgehead atoms. The molecule has 1 aromatic heterocycles. The molecule has 0 radical (unpaired) electrons. The number of anilines is 1. The van der Waals surface area contributed by atoms with Gasteiger partial charge in [-0.25, -0.2) is 4.98 Å². The molecule has 0 saturated heterocycles. The van der Waals surface area contributed by atoms with E-state index in [-0.39, 0.29) is 17.9 Å². The van der Waals surface area contributed by atoms with Crippen LogP contribution in [0, 0.1) is 6.92 Å². The number of aromatic nitrogens is 1. The fourth-order valence-electron chi connectivity index (χ4n) is 3.04. The van der Waals surface area contributed by atoms with E-state index in [1.54, 1.807) is 12.1 Å². The molecule has 1 aliphatic heterocycles. The first kappa shape index (κ1) is 18.9. The van der Waals surface area contributed by atoms with Gasteiger partial charge in [0.2, 0.25) is 11.8 Å². The van der Waals surface area contributed by atoms with E-state index in [0.717, 1.165) is 28.9 Å². The van der Waals surface area contributed by atoms with E-state index in [2.05, 4.69) is 15.6 Å². The van der Waals surface area contributed by atoms with Crippen molar-refractivity contribution in [2.45, 2.75) is 46.1 Å². The summed E-state index contributed by atoms with van der Waals surface area (Å²) in [6.07, 6.45) is 2.05. The van der Waals surface area contributed by atoms with Gasteiger partial charge in [0.25, 0.3) is 5.91 Å². The fraction of sp³-hybridized carbons (Fsp3) is 0.381. The number of carbonyl (C=O) groups is 2. The standard InChI is InChI=1S/C21H25N3O3/c1-4-11-27-21-17(8-5-13(2)22-21)20(26)23-14(3)15-6-9-18-16(12-15)7-10-19(25)24-18/h5-6,8-9,12,14H,4,7,10-11H2,1-3H3,(H,23,26)(H,24,25). The normalized spacial score (nSPS) is 14.1. The summed E-state index contributed by atoms with van der Waals surface area (Å²) in [7, 11) is 0. The van der Waals surface area contributed by atoms with Crippen molar-refractivity contribution in [1.29, 1.82) is 0 Å². The van der Waals surface area contributed by atoms with Crippen molar-refractivity contribution < 1.29 is 14.3 Å². The number of hydrogen-bond acceptors (Lipinski definition) is 4. The van der Waals surface area contributed by atoms with Gasteiger partial charge in [-0.2, -0.15) is 0 Å². The van der Waals surface area contributed by atoms with Crippen LogP contribution in [0.2, 0.25) is 0 Å². The van der Waals surface area contributed by atoms with E-state index in [1.807, 2.05) is 39.0 Å². The van der Waals surface area contributed by atoms with Crippen LogP contribution in [0.1, 0.15) is 59.9 Å². The lowest BCUT2D eigenvalue weighted by Crippen LogP contribution is -2.28. The van der Waals surface area contributed by atoms with E-state index >= 15 is 0 Å². The lowest BCUT2D eigenvalue weighted by molar-refractivity contribution is -0.116. The minimum Gasteiger partial charge on any atom is -0.477 e. The Labute approximate surface area is 159 Å². The van der Waals surface area contributed by atoms with Crippen LogP contribution in [0.15, 0.2) is 30.3 Å². The summed E-state index contributed by atoms with van der Waals surface area (Å²) in [6, 6.07) is 9.24. The number of nitrogens with zero attached hydrogens (tertiary/aromatic N) is 1. The van der Waals surface area contributed by atoms with Crippen molar-refractivity contribution in [2.24, 2.45) is 0 Å². The smallest absolute Gasteiger partial charge is 0.257 e.